The molecule has 0 radical (unpaired) electrons. The number of piperidine rings is 1. The molecule has 5 N–H and O–H groups in total. The van der Waals surface area contributed by atoms with Crippen LogP contribution in [0.5, 0.6) is 11.5 Å². The monoisotopic (exact) mass is 848 g/mol. The standard InChI is InChI=1S/C46H64N4O11/c1-12-59-43-29(9)40(54)33-32-34(43)45(57)60-21-16-31(58-11)26(6)42(61-30(10)51)28(8)39(53)27(7)38(52)24(4)14-13-15-25(5)44(56)47-37(41(33)55)36-35(32)48-46(49-36)17-19-50(20-18-46)22-23(2)3/h13-16,21,23-24,26-28,31,38-39,42,49,52-54H,12,17-20,22H2,1-11H3,(H,47,56)/b14-13+,21-16+,25-15-/t24-,26+,27+,28+,31-,38-,39+,42+/m0/s1. The van der Waals surface area contributed by atoms with Gasteiger partial charge in [-0.05, 0) is 32.8 Å². The fourth-order valence-corrected chi connectivity index (χ4v) is 8.89. The van der Waals surface area contributed by atoms with Crippen molar-refractivity contribution in [1.82, 2.24) is 15.5 Å². The van der Waals surface area contributed by atoms with Crippen LogP contribution in [0.25, 0.3) is 0 Å². The zero-order chi connectivity index (χ0) is 45.1. The number of rotatable bonds is 6. The van der Waals surface area contributed by atoms with Crippen molar-refractivity contribution in [3.05, 3.63) is 69.8 Å². The van der Waals surface area contributed by atoms with Crippen molar-refractivity contribution in [2.45, 2.75) is 112 Å². The highest BCUT2D eigenvalue weighted by Crippen LogP contribution is 2.46. The smallest absolute Gasteiger partial charge is 0.347 e. The van der Waals surface area contributed by atoms with Crippen molar-refractivity contribution < 1.29 is 53.4 Å². The van der Waals surface area contributed by atoms with Gasteiger partial charge in [-0.3, -0.25) is 19.4 Å². The van der Waals surface area contributed by atoms with Crippen molar-refractivity contribution in [3.63, 3.8) is 0 Å². The van der Waals surface area contributed by atoms with Crippen LogP contribution in [0, 0.1) is 36.5 Å². The molecular weight excluding hydrogens is 785 g/mol. The van der Waals surface area contributed by atoms with E-state index in [1.807, 2.05) is 0 Å². The predicted octanol–water partition coefficient (Wildman–Crippen LogP) is 4.86. The highest BCUT2D eigenvalue weighted by molar-refractivity contribution is 6.33. The number of aliphatic hydroxyl groups is 2. The van der Waals surface area contributed by atoms with Crippen molar-refractivity contribution in [2.75, 3.05) is 33.4 Å². The third-order valence-electron chi connectivity index (χ3n) is 12.4. The number of hydrogen-bond acceptors (Lipinski definition) is 14. The second-order valence-corrected chi connectivity index (χ2v) is 17.4. The Hall–Kier alpha value is -4.83. The van der Waals surface area contributed by atoms with E-state index in [2.05, 4.69) is 29.4 Å². The molecule has 0 aromatic heterocycles. The first kappa shape index (κ1) is 47.2. The summed E-state index contributed by atoms with van der Waals surface area (Å²) in [4.78, 5) is 63.1. The second-order valence-electron chi connectivity index (χ2n) is 17.4. The summed E-state index contributed by atoms with van der Waals surface area (Å²) in [5.74, 6) is -5.26. The number of carbonyl (C=O) groups is 4. The van der Waals surface area contributed by atoms with Crippen molar-refractivity contribution >= 4 is 29.3 Å². The van der Waals surface area contributed by atoms with Gasteiger partial charge in [0.05, 0.1) is 48.2 Å². The molecule has 0 saturated carbocycles. The third kappa shape index (κ3) is 9.80. The summed E-state index contributed by atoms with van der Waals surface area (Å²) in [6.07, 6.45) is 4.75. The first-order valence-corrected chi connectivity index (χ1v) is 21.3. The van der Waals surface area contributed by atoms with Gasteiger partial charge in [0.25, 0.3) is 5.91 Å². The van der Waals surface area contributed by atoms with Gasteiger partial charge in [-0.1, -0.05) is 59.8 Å². The number of nitrogens with one attached hydrogen (secondary N) is 2. The van der Waals surface area contributed by atoms with Crippen molar-refractivity contribution in [1.29, 1.82) is 0 Å². The fraction of sp³-hybridized carbons (Fsp3) is 0.587. The maximum absolute atomic E-state index is 14.8. The minimum atomic E-state index is -1.13. The van der Waals surface area contributed by atoms with E-state index in [0.717, 1.165) is 12.8 Å². The zero-order valence-electron chi connectivity index (χ0n) is 37.3. The van der Waals surface area contributed by atoms with Crippen LogP contribution in [0.2, 0.25) is 0 Å². The number of phenols is 1. The van der Waals surface area contributed by atoms with Gasteiger partial charge in [-0.15, -0.1) is 0 Å². The summed E-state index contributed by atoms with van der Waals surface area (Å²) in [6, 6.07) is 0. The number of nitrogens with zero attached hydrogens (tertiary/aromatic N) is 2. The average Bonchev–Trinajstić information content (AvgIpc) is 3.59. The van der Waals surface area contributed by atoms with Crippen molar-refractivity contribution in [3.8, 4) is 11.5 Å². The Kier molecular flexibility index (Phi) is 15.1. The Labute approximate surface area is 358 Å². The molecule has 1 spiro atoms. The zero-order valence-corrected chi connectivity index (χ0v) is 37.3. The Morgan fingerprint density at radius 3 is 2.26 bits per heavy atom. The number of phenolic OH excluding ortho intramolecular Hbond substituents is 1. The molecule has 1 saturated heterocycles. The minimum absolute atomic E-state index is 0.00297. The molecule has 8 atom stereocenters. The number of ketones is 1. The first-order valence-electron chi connectivity index (χ1n) is 21.3. The number of Topliss-reactive ketones (excluding diaryl/α,β-unsaturated/α-hetero) is 1. The maximum atomic E-state index is 14.8. The van der Waals surface area contributed by atoms with Crippen LogP contribution >= 0.6 is 0 Å². The molecule has 61 heavy (non-hydrogen) atoms. The van der Waals surface area contributed by atoms with E-state index in [-0.39, 0.29) is 57.3 Å². The second kappa shape index (κ2) is 19.5. The number of likely N-dealkylation sites (tertiary alicyclic amines) is 1. The number of cyclic esters (lactones) is 1. The lowest BCUT2D eigenvalue weighted by Gasteiger charge is -2.38. The minimum Gasteiger partial charge on any atom is -0.507 e. The topological polar surface area (TPSA) is 206 Å². The van der Waals surface area contributed by atoms with Crippen LogP contribution in [-0.2, 0) is 23.8 Å². The fourth-order valence-electron chi connectivity index (χ4n) is 8.89. The number of aliphatic imine (C=N–C) groups is 1. The molecule has 1 aromatic carbocycles. The van der Waals surface area contributed by atoms with Gasteiger partial charge in [0.2, 0.25) is 5.78 Å². The largest absolute Gasteiger partial charge is 0.507 e. The molecule has 15 heteroatoms. The molecule has 15 nitrogen and oxygen atoms in total. The Bertz CT molecular complexity index is 2030. The van der Waals surface area contributed by atoms with Gasteiger partial charge in [-0.2, -0.15) is 0 Å². The average molecular weight is 849 g/mol. The number of hydrogen-bond donors (Lipinski definition) is 5. The number of esters is 2. The number of ether oxygens (including phenoxy) is 4. The Morgan fingerprint density at radius 2 is 1.66 bits per heavy atom. The lowest BCUT2D eigenvalue weighted by molar-refractivity contribution is -0.160. The molecule has 5 rings (SSSR count). The molecule has 4 bridgehead atoms. The lowest BCUT2D eigenvalue weighted by atomic mass is 9.78. The molecule has 334 valence electrons. The van der Waals surface area contributed by atoms with Gasteiger partial charge in [0.1, 0.15) is 34.5 Å². The number of amides is 1. The van der Waals surface area contributed by atoms with Gasteiger partial charge in [0.15, 0.2) is 0 Å². The number of fused-ring (bicyclic) bond motifs is 2. The highest BCUT2D eigenvalue weighted by Gasteiger charge is 2.49. The van der Waals surface area contributed by atoms with E-state index in [1.54, 1.807) is 59.8 Å². The number of aromatic hydroxyl groups is 1. The molecule has 1 fully saturated rings. The quantitative estimate of drug-likeness (QED) is 0.243. The Morgan fingerprint density at radius 1 is 0.984 bits per heavy atom. The van der Waals surface area contributed by atoms with Gasteiger partial charge < -0.3 is 49.8 Å². The number of carbonyl (C=O) groups excluding carboxylic acids is 4. The highest BCUT2D eigenvalue weighted by atomic mass is 16.5. The Balaban J connectivity index is 1.71. The summed E-state index contributed by atoms with van der Waals surface area (Å²) >= 11 is 0. The first-order chi connectivity index (χ1) is 28.8. The number of benzene rings is 1. The SMILES string of the molecule is CCOc1c(C)c(O)c2c3c1C(=O)O/C=C/[C@H](OC)[C@@H](C)[C@@H](OC(C)=O)[C@H](C)[C@H](O)[C@H](C)[C@@H](O)[C@@H](C)/C=C/C=C(/C)C(=O)NC(=C1NC4(CCN(CC(C)C)CC4)N=C13)C2=O. The van der Waals surface area contributed by atoms with Crippen LogP contribution in [-0.4, -0.2) is 113 Å². The molecule has 0 unspecified atom stereocenters. The molecule has 4 aliphatic rings. The molecule has 3 heterocycles. The molecular formula is C46H64N4O11. The molecule has 1 amide bonds. The van der Waals surface area contributed by atoms with Gasteiger partial charge in [-0.25, -0.2) is 4.79 Å². The van der Waals surface area contributed by atoms with E-state index < -0.39 is 83.1 Å². The van der Waals surface area contributed by atoms with E-state index >= 15 is 0 Å². The molecule has 3 aliphatic heterocycles. The van der Waals surface area contributed by atoms with Gasteiger partial charge in [0, 0.05) is 86.9 Å². The van der Waals surface area contributed by atoms with Crippen molar-refractivity contribution in [2.24, 2.45) is 34.6 Å². The predicted molar refractivity (Wildman–Crippen MR) is 229 cm³/mol. The van der Waals surface area contributed by atoms with E-state index in [1.165, 1.54) is 27.0 Å². The normalized spacial score (nSPS) is 30.8. The lowest BCUT2D eigenvalue weighted by Crippen LogP contribution is -2.50. The maximum Gasteiger partial charge on any atom is 0.347 e. The van der Waals surface area contributed by atoms with Crippen LogP contribution in [0.3, 0.4) is 0 Å². The summed E-state index contributed by atoms with van der Waals surface area (Å²) in [6.45, 7) is 19.8. The summed E-state index contributed by atoms with van der Waals surface area (Å²) in [5, 5.41) is 41.0. The van der Waals surface area contributed by atoms with Crippen LogP contribution in [0.1, 0.15) is 107 Å². The van der Waals surface area contributed by atoms with Crippen LogP contribution < -0.4 is 15.4 Å². The third-order valence-corrected chi connectivity index (χ3v) is 12.4. The number of aliphatic hydroxyl groups excluding tert-OH is 2. The van der Waals surface area contributed by atoms with E-state index in [0.29, 0.717) is 31.8 Å². The molecule has 1 aromatic rings. The summed E-state index contributed by atoms with van der Waals surface area (Å²) in [7, 11) is 1.44. The van der Waals surface area contributed by atoms with Crippen LogP contribution in [0.15, 0.2) is 52.5 Å². The number of methoxy groups -OCH3 is 1. The number of allylic oxidation sites excluding steroid dienone is 4. The summed E-state index contributed by atoms with van der Waals surface area (Å²) < 4.78 is 23.4. The van der Waals surface area contributed by atoms with E-state index in [4.69, 9.17) is 23.9 Å². The van der Waals surface area contributed by atoms with Crippen LogP contribution in [0.4, 0.5) is 0 Å². The molecule has 1 aliphatic carbocycles. The van der Waals surface area contributed by atoms with Gasteiger partial charge >= 0.3 is 11.9 Å². The summed E-state index contributed by atoms with van der Waals surface area (Å²) in [5.41, 5.74) is -0.626. The van der Waals surface area contributed by atoms with E-state index in [9.17, 15) is 34.5 Å².